The van der Waals surface area contributed by atoms with Gasteiger partial charge < -0.3 is 10.6 Å². The maximum atomic E-state index is 11.6. The van der Waals surface area contributed by atoms with E-state index in [-0.39, 0.29) is 18.5 Å². The van der Waals surface area contributed by atoms with Crippen molar-refractivity contribution >= 4 is 11.9 Å². The summed E-state index contributed by atoms with van der Waals surface area (Å²) in [6.45, 7) is 3.93. The fraction of sp³-hybridized carbons (Fsp3) is 0.857. The fourth-order valence-electron chi connectivity index (χ4n) is 2.37. The van der Waals surface area contributed by atoms with Gasteiger partial charge in [-0.05, 0) is 26.7 Å². The number of nitrogens with one attached hydrogen (secondary N) is 3. The summed E-state index contributed by atoms with van der Waals surface area (Å²) in [4.78, 5) is 22.9. The molecule has 0 radical (unpaired) electrons. The number of amides is 3. The Labute approximate surface area is 115 Å². The molecule has 110 valence electrons. The highest BCUT2D eigenvalue weighted by atomic mass is 16.2. The van der Waals surface area contributed by atoms with Gasteiger partial charge in [0, 0.05) is 12.1 Å². The van der Waals surface area contributed by atoms with E-state index in [0.717, 1.165) is 12.8 Å². The van der Waals surface area contributed by atoms with Crippen LogP contribution in [0.15, 0.2) is 0 Å². The maximum Gasteiger partial charge on any atom is 0.321 e. The Hall–Kier alpha value is -1.10. The molecule has 0 aromatic heterocycles. The maximum absolute atomic E-state index is 11.6. The van der Waals surface area contributed by atoms with Crippen molar-refractivity contribution in [3.05, 3.63) is 0 Å². The fourth-order valence-corrected chi connectivity index (χ4v) is 2.37. The molecule has 3 amide bonds. The number of carbonyl (C=O) groups is 2. The van der Waals surface area contributed by atoms with Crippen LogP contribution in [0.4, 0.5) is 4.79 Å². The molecule has 0 heterocycles. The Morgan fingerprint density at radius 1 is 1.05 bits per heavy atom. The van der Waals surface area contributed by atoms with Gasteiger partial charge in [-0.1, -0.05) is 32.1 Å². The van der Waals surface area contributed by atoms with Crippen LogP contribution in [-0.4, -0.2) is 30.6 Å². The topological polar surface area (TPSA) is 70.2 Å². The molecule has 19 heavy (non-hydrogen) atoms. The highest BCUT2D eigenvalue weighted by Gasteiger charge is 2.13. The van der Waals surface area contributed by atoms with Crippen molar-refractivity contribution in [3.8, 4) is 0 Å². The molecule has 3 N–H and O–H groups in total. The monoisotopic (exact) mass is 269 g/mol. The van der Waals surface area contributed by atoms with Gasteiger partial charge in [0.2, 0.25) is 5.91 Å². The number of rotatable bonds is 4. The summed E-state index contributed by atoms with van der Waals surface area (Å²) in [7, 11) is 0. The van der Waals surface area contributed by atoms with Crippen LogP contribution in [-0.2, 0) is 4.79 Å². The van der Waals surface area contributed by atoms with Crippen LogP contribution in [0.5, 0.6) is 0 Å². The third-order valence-corrected chi connectivity index (χ3v) is 3.33. The number of hydrogen-bond acceptors (Lipinski definition) is 3. The van der Waals surface area contributed by atoms with Gasteiger partial charge in [-0.25, -0.2) is 4.79 Å². The Balaban J connectivity index is 2.19. The minimum atomic E-state index is -0.417. The lowest BCUT2D eigenvalue weighted by Crippen LogP contribution is -2.47. The largest absolute Gasteiger partial charge is 0.336 e. The minimum absolute atomic E-state index is 0.0337. The van der Waals surface area contributed by atoms with Gasteiger partial charge in [0.05, 0.1) is 6.54 Å². The van der Waals surface area contributed by atoms with E-state index in [1.807, 2.05) is 13.8 Å². The normalized spacial score (nSPS) is 17.6. The molecule has 1 aliphatic rings. The predicted molar refractivity (Wildman–Crippen MR) is 75.9 cm³/mol. The van der Waals surface area contributed by atoms with Crippen molar-refractivity contribution in [1.29, 1.82) is 0 Å². The summed E-state index contributed by atoms with van der Waals surface area (Å²) >= 11 is 0. The van der Waals surface area contributed by atoms with Crippen LogP contribution in [0.25, 0.3) is 0 Å². The van der Waals surface area contributed by atoms with E-state index in [2.05, 4.69) is 16.0 Å². The lowest BCUT2D eigenvalue weighted by atomic mass is 9.97. The second kappa shape index (κ2) is 8.91. The molecule has 1 aliphatic carbocycles. The molecule has 1 fully saturated rings. The van der Waals surface area contributed by atoms with E-state index >= 15 is 0 Å². The molecule has 0 bridgehead atoms. The predicted octanol–water partition coefficient (Wildman–Crippen LogP) is 1.92. The van der Waals surface area contributed by atoms with Crippen LogP contribution >= 0.6 is 0 Å². The lowest BCUT2D eigenvalue weighted by Gasteiger charge is -2.20. The quantitative estimate of drug-likeness (QED) is 0.730. The van der Waals surface area contributed by atoms with E-state index in [1.165, 1.54) is 32.1 Å². The molecule has 5 nitrogen and oxygen atoms in total. The second-order valence-corrected chi connectivity index (χ2v) is 5.60. The highest BCUT2D eigenvalue weighted by molar-refractivity contribution is 5.95. The third kappa shape index (κ3) is 7.82. The summed E-state index contributed by atoms with van der Waals surface area (Å²) in [5.41, 5.74) is 0. The summed E-state index contributed by atoms with van der Waals surface area (Å²) < 4.78 is 0. The number of urea groups is 1. The van der Waals surface area contributed by atoms with Gasteiger partial charge in [0.25, 0.3) is 0 Å². The second-order valence-electron chi connectivity index (χ2n) is 5.60. The van der Waals surface area contributed by atoms with Crippen LogP contribution in [0.2, 0.25) is 0 Å². The first-order valence-corrected chi connectivity index (χ1v) is 7.41. The molecular weight excluding hydrogens is 242 g/mol. The lowest BCUT2D eigenvalue weighted by molar-refractivity contribution is -0.119. The summed E-state index contributed by atoms with van der Waals surface area (Å²) in [6.07, 6.45) is 8.64. The van der Waals surface area contributed by atoms with Gasteiger partial charge in [0.15, 0.2) is 0 Å². The molecule has 0 aromatic carbocycles. The van der Waals surface area contributed by atoms with Gasteiger partial charge >= 0.3 is 6.03 Å². The molecular formula is C14H27N3O2. The number of imide groups is 1. The zero-order valence-corrected chi connectivity index (χ0v) is 12.1. The zero-order chi connectivity index (χ0) is 14.1. The first-order chi connectivity index (χ1) is 9.08. The van der Waals surface area contributed by atoms with Gasteiger partial charge in [-0.15, -0.1) is 0 Å². The molecule has 0 unspecified atom stereocenters. The first-order valence-electron chi connectivity index (χ1n) is 7.41. The Morgan fingerprint density at radius 2 is 1.63 bits per heavy atom. The van der Waals surface area contributed by atoms with Gasteiger partial charge in [0.1, 0.15) is 0 Å². The summed E-state index contributed by atoms with van der Waals surface area (Å²) in [5, 5.41) is 8.21. The van der Waals surface area contributed by atoms with Crippen molar-refractivity contribution in [2.24, 2.45) is 0 Å². The van der Waals surface area contributed by atoms with Gasteiger partial charge in [-0.2, -0.15) is 0 Å². The molecule has 0 spiro atoms. The number of carbonyl (C=O) groups excluding carboxylic acids is 2. The average Bonchev–Trinajstić information content (AvgIpc) is 2.25. The standard InChI is InChI=1S/C14H27N3O2/c1-11(2)16-14(19)17-13(18)10-15-12-8-6-4-3-5-7-9-12/h11-12,15H,3-10H2,1-2H3,(H2,16,17,18,19). The Morgan fingerprint density at radius 3 is 2.21 bits per heavy atom. The van der Waals surface area contributed by atoms with Crippen molar-refractivity contribution in [3.63, 3.8) is 0 Å². The van der Waals surface area contributed by atoms with E-state index in [0.29, 0.717) is 6.04 Å². The van der Waals surface area contributed by atoms with Crippen molar-refractivity contribution in [1.82, 2.24) is 16.0 Å². The van der Waals surface area contributed by atoms with E-state index in [4.69, 9.17) is 0 Å². The molecule has 0 aromatic rings. The molecule has 0 aliphatic heterocycles. The van der Waals surface area contributed by atoms with Crippen LogP contribution in [0.1, 0.15) is 58.8 Å². The van der Waals surface area contributed by atoms with Crippen molar-refractivity contribution in [2.45, 2.75) is 70.9 Å². The minimum Gasteiger partial charge on any atom is -0.336 e. The molecule has 1 saturated carbocycles. The summed E-state index contributed by atoms with van der Waals surface area (Å²) in [6, 6.07) is 0.0324. The first kappa shape index (κ1) is 16.0. The van der Waals surface area contributed by atoms with Crippen molar-refractivity contribution < 1.29 is 9.59 Å². The summed E-state index contributed by atoms with van der Waals surface area (Å²) in [5.74, 6) is -0.264. The molecule has 5 heteroatoms. The van der Waals surface area contributed by atoms with E-state index in [9.17, 15) is 9.59 Å². The Kier molecular flexibility index (Phi) is 7.48. The number of hydrogen-bond donors (Lipinski definition) is 3. The molecule has 0 atom stereocenters. The van der Waals surface area contributed by atoms with Gasteiger partial charge in [-0.3, -0.25) is 10.1 Å². The molecule has 1 rings (SSSR count). The van der Waals surface area contributed by atoms with Crippen LogP contribution in [0, 0.1) is 0 Å². The van der Waals surface area contributed by atoms with Crippen molar-refractivity contribution in [2.75, 3.05) is 6.54 Å². The smallest absolute Gasteiger partial charge is 0.321 e. The van der Waals surface area contributed by atoms with E-state index < -0.39 is 6.03 Å². The SMILES string of the molecule is CC(C)NC(=O)NC(=O)CNC1CCCCCCC1. The zero-order valence-electron chi connectivity index (χ0n) is 12.1. The van der Waals surface area contributed by atoms with Crippen LogP contribution in [0.3, 0.4) is 0 Å². The Bertz CT molecular complexity index is 284. The highest BCUT2D eigenvalue weighted by Crippen LogP contribution is 2.16. The van der Waals surface area contributed by atoms with Crippen LogP contribution < -0.4 is 16.0 Å². The third-order valence-electron chi connectivity index (χ3n) is 3.33. The van der Waals surface area contributed by atoms with E-state index in [1.54, 1.807) is 0 Å². The average molecular weight is 269 g/mol. The molecule has 0 saturated heterocycles.